The molecule has 0 saturated carbocycles. The van der Waals surface area contributed by atoms with E-state index in [4.69, 9.17) is 26.5 Å². The SMILES string of the molecule is COC(=O)c1ccnc(NC(=O)C2=C(C)NC(Nc3nc4ccc(F)cc4o3)=NC2c2cccc(N)c2Cl)c1. The van der Waals surface area contributed by atoms with Gasteiger partial charge in [0.2, 0.25) is 5.96 Å². The number of esters is 1. The van der Waals surface area contributed by atoms with E-state index in [2.05, 4.69) is 30.9 Å². The largest absolute Gasteiger partial charge is 0.465 e. The number of nitrogens with two attached hydrogens (primary N) is 1. The van der Waals surface area contributed by atoms with Crippen LogP contribution in [0, 0.1) is 5.82 Å². The molecule has 0 radical (unpaired) electrons. The number of fused-ring (bicyclic) bond motifs is 1. The number of nitrogens with one attached hydrogen (secondary N) is 3. The molecule has 3 heterocycles. The molecule has 13 heteroatoms. The van der Waals surface area contributed by atoms with Crippen LogP contribution in [0.3, 0.4) is 0 Å². The lowest BCUT2D eigenvalue weighted by atomic mass is 9.95. The number of carbonyl (C=O) groups is 2. The van der Waals surface area contributed by atoms with Crippen molar-refractivity contribution in [3.8, 4) is 0 Å². The summed E-state index contributed by atoms with van der Waals surface area (Å²) in [5, 5.41) is 8.88. The van der Waals surface area contributed by atoms with E-state index in [1.165, 1.54) is 43.6 Å². The Balaban J connectivity index is 1.49. The summed E-state index contributed by atoms with van der Waals surface area (Å²) in [4.78, 5) is 38.5. The fraction of sp³-hybridized carbons (Fsp3) is 0.115. The minimum absolute atomic E-state index is 0.0591. The van der Waals surface area contributed by atoms with Gasteiger partial charge >= 0.3 is 12.0 Å². The number of nitrogens with zero attached hydrogens (tertiary/aromatic N) is 3. The second-order valence-corrected chi connectivity index (χ2v) is 8.80. The molecule has 198 valence electrons. The molecule has 1 unspecified atom stereocenters. The van der Waals surface area contributed by atoms with Crippen LogP contribution in [0.1, 0.15) is 28.9 Å². The maximum Gasteiger partial charge on any atom is 0.338 e. The molecule has 1 atom stereocenters. The first kappa shape index (κ1) is 25.7. The zero-order chi connectivity index (χ0) is 27.7. The standard InChI is InChI=1S/C26H21ClFN7O4/c1-12-20(23(36)33-19-10-13(8-9-30-19)24(37)38-2)22(15-4-3-5-16(29)21(15)27)34-25(31-12)35-26-32-17-7-6-14(28)11-18(17)39-26/h3-11,22H,29H2,1-2H3,(H,30,33,36)(H2,31,32,34,35). The number of aromatic nitrogens is 2. The molecule has 0 bridgehead atoms. The first-order chi connectivity index (χ1) is 18.7. The molecule has 2 aromatic carbocycles. The normalized spacial score (nSPS) is 15.0. The van der Waals surface area contributed by atoms with Gasteiger partial charge in [-0.15, -0.1) is 0 Å². The van der Waals surface area contributed by atoms with Gasteiger partial charge in [0.05, 0.1) is 29.0 Å². The summed E-state index contributed by atoms with van der Waals surface area (Å²) in [5.41, 5.74) is 8.38. The molecule has 39 heavy (non-hydrogen) atoms. The highest BCUT2D eigenvalue weighted by Crippen LogP contribution is 2.37. The number of guanidine groups is 1. The van der Waals surface area contributed by atoms with Crippen molar-refractivity contribution < 1.29 is 23.1 Å². The van der Waals surface area contributed by atoms with Crippen LogP contribution in [-0.4, -0.2) is 34.9 Å². The monoisotopic (exact) mass is 549 g/mol. The summed E-state index contributed by atoms with van der Waals surface area (Å²) < 4.78 is 23.9. The number of hydrogen-bond donors (Lipinski definition) is 4. The molecule has 0 aliphatic carbocycles. The Bertz CT molecular complexity index is 1680. The molecule has 5 N–H and O–H groups in total. The molecule has 0 fully saturated rings. The minimum atomic E-state index is -0.907. The smallest absolute Gasteiger partial charge is 0.338 e. The lowest BCUT2D eigenvalue weighted by Gasteiger charge is -2.27. The Kier molecular flexibility index (Phi) is 6.86. The van der Waals surface area contributed by atoms with Crippen LogP contribution in [0.15, 0.2) is 75.4 Å². The molecule has 1 amide bonds. The van der Waals surface area contributed by atoms with Gasteiger partial charge < -0.3 is 25.5 Å². The van der Waals surface area contributed by atoms with Crippen molar-refractivity contribution in [2.75, 3.05) is 23.5 Å². The molecule has 4 aromatic rings. The van der Waals surface area contributed by atoms with Crippen LogP contribution in [0.5, 0.6) is 0 Å². The van der Waals surface area contributed by atoms with E-state index in [9.17, 15) is 14.0 Å². The summed E-state index contributed by atoms with van der Waals surface area (Å²) in [5.74, 6) is -1.25. The summed E-state index contributed by atoms with van der Waals surface area (Å²) in [7, 11) is 1.26. The Morgan fingerprint density at radius 1 is 1.21 bits per heavy atom. The first-order valence-electron chi connectivity index (χ1n) is 11.5. The third kappa shape index (κ3) is 5.22. The number of hydrogen-bond acceptors (Lipinski definition) is 10. The van der Waals surface area contributed by atoms with Gasteiger partial charge in [-0.25, -0.2) is 19.2 Å². The van der Waals surface area contributed by atoms with Crippen LogP contribution in [-0.2, 0) is 9.53 Å². The van der Waals surface area contributed by atoms with Gasteiger partial charge in [-0.1, -0.05) is 23.7 Å². The van der Waals surface area contributed by atoms with E-state index in [0.29, 0.717) is 22.5 Å². The average molecular weight is 550 g/mol. The van der Waals surface area contributed by atoms with Crippen molar-refractivity contribution >= 4 is 58.1 Å². The second-order valence-electron chi connectivity index (χ2n) is 8.43. The predicted octanol–water partition coefficient (Wildman–Crippen LogP) is 4.41. The maximum absolute atomic E-state index is 13.6. The molecule has 1 aliphatic heterocycles. The van der Waals surface area contributed by atoms with E-state index in [1.807, 2.05) is 0 Å². The number of aliphatic imine (C=N–C) groups is 1. The fourth-order valence-corrected chi connectivity index (χ4v) is 4.25. The van der Waals surface area contributed by atoms with E-state index >= 15 is 0 Å². The number of nitrogen functional groups attached to an aromatic ring is 1. The zero-order valence-corrected chi connectivity index (χ0v) is 21.3. The van der Waals surface area contributed by atoms with Gasteiger partial charge in [-0.2, -0.15) is 4.98 Å². The van der Waals surface area contributed by atoms with Crippen LogP contribution in [0.25, 0.3) is 11.1 Å². The lowest BCUT2D eigenvalue weighted by Crippen LogP contribution is -2.37. The molecule has 5 rings (SSSR count). The fourth-order valence-electron chi connectivity index (χ4n) is 4.02. The number of halogens is 2. The first-order valence-corrected chi connectivity index (χ1v) is 11.9. The minimum Gasteiger partial charge on any atom is -0.465 e. The van der Waals surface area contributed by atoms with Gasteiger partial charge in [-0.05, 0) is 37.3 Å². The van der Waals surface area contributed by atoms with E-state index < -0.39 is 23.7 Å². The van der Waals surface area contributed by atoms with Crippen LogP contribution in [0.4, 0.5) is 21.9 Å². The molecule has 11 nitrogen and oxygen atoms in total. The summed E-state index contributed by atoms with van der Waals surface area (Å²) >= 11 is 6.53. The number of rotatable bonds is 5. The van der Waals surface area contributed by atoms with Crippen molar-refractivity contribution in [1.82, 2.24) is 15.3 Å². The second kappa shape index (κ2) is 10.4. The van der Waals surface area contributed by atoms with Crippen LogP contribution >= 0.6 is 11.6 Å². The Morgan fingerprint density at radius 2 is 2.03 bits per heavy atom. The van der Waals surface area contributed by atoms with Gasteiger partial charge in [0, 0.05) is 23.5 Å². The van der Waals surface area contributed by atoms with Gasteiger partial charge in [-0.3, -0.25) is 10.1 Å². The third-order valence-corrected chi connectivity index (χ3v) is 6.27. The highest BCUT2D eigenvalue weighted by atomic mass is 35.5. The number of allylic oxidation sites excluding steroid dienone is 1. The molecular weight excluding hydrogens is 529 g/mol. The van der Waals surface area contributed by atoms with Crippen molar-refractivity contribution in [2.24, 2.45) is 4.99 Å². The third-order valence-electron chi connectivity index (χ3n) is 5.84. The van der Waals surface area contributed by atoms with Crippen LogP contribution < -0.4 is 21.7 Å². The van der Waals surface area contributed by atoms with Gasteiger partial charge in [0.15, 0.2) is 5.58 Å². The zero-order valence-electron chi connectivity index (χ0n) is 20.6. The molecular formula is C26H21ClFN7O4. The number of benzene rings is 2. The van der Waals surface area contributed by atoms with Crippen molar-refractivity contribution in [1.29, 1.82) is 0 Å². The number of pyridine rings is 1. The highest BCUT2D eigenvalue weighted by molar-refractivity contribution is 6.34. The van der Waals surface area contributed by atoms with E-state index in [0.717, 1.165) is 0 Å². The number of amides is 1. The predicted molar refractivity (Wildman–Crippen MR) is 144 cm³/mol. The Labute approximate surface area is 225 Å². The number of anilines is 3. The van der Waals surface area contributed by atoms with E-state index in [-0.39, 0.29) is 39.5 Å². The van der Waals surface area contributed by atoms with Gasteiger partial charge in [0.25, 0.3) is 5.91 Å². The molecule has 1 aliphatic rings. The number of carbonyl (C=O) groups excluding carboxylic acids is 2. The molecule has 2 aromatic heterocycles. The number of oxazole rings is 1. The van der Waals surface area contributed by atoms with E-state index in [1.54, 1.807) is 25.1 Å². The van der Waals surface area contributed by atoms with Crippen molar-refractivity contribution in [3.63, 3.8) is 0 Å². The van der Waals surface area contributed by atoms with Crippen LogP contribution in [0.2, 0.25) is 5.02 Å². The Hall–Kier alpha value is -4.97. The Morgan fingerprint density at radius 3 is 2.82 bits per heavy atom. The topological polar surface area (TPSA) is 157 Å². The summed E-state index contributed by atoms with van der Waals surface area (Å²) in [6, 6.07) is 11.0. The molecule has 0 spiro atoms. The highest BCUT2D eigenvalue weighted by Gasteiger charge is 2.32. The van der Waals surface area contributed by atoms with Crippen molar-refractivity contribution in [3.05, 3.63) is 88.0 Å². The molecule has 0 saturated heterocycles. The van der Waals surface area contributed by atoms with Crippen molar-refractivity contribution in [2.45, 2.75) is 13.0 Å². The number of ether oxygens (including phenoxy) is 1. The van der Waals surface area contributed by atoms with Gasteiger partial charge in [0.1, 0.15) is 23.2 Å². The quantitative estimate of drug-likeness (QED) is 0.209. The lowest BCUT2D eigenvalue weighted by molar-refractivity contribution is -0.113. The summed E-state index contributed by atoms with van der Waals surface area (Å²) in [6.07, 6.45) is 1.38. The number of methoxy groups -OCH3 is 1. The maximum atomic E-state index is 13.6. The average Bonchev–Trinajstić information content (AvgIpc) is 3.30. The summed E-state index contributed by atoms with van der Waals surface area (Å²) in [6.45, 7) is 1.68.